The number of rotatable bonds is 11. The third kappa shape index (κ3) is 6.21. The Morgan fingerprint density at radius 1 is 1.04 bits per heavy atom. The molecule has 0 saturated heterocycles. The number of anilines is 1. The Balaban J connectivity index is 1.04. The summed E-state index contributed by atoms with van der Waals surface area (Å²) in [4.78, 5) is 49.9. The number of ketones is 2. The Labute approximate surface area is 285 Å². The number of esters is 1. The number of phenols is 1. The number of ether oxygens (including phenoxy) is 1. The fourth-order valence-electron chi connectivity index (χ4n) is 9.57. The first-order valence-corrected chi connectivity index (χ1v) is 17.2. The molecule has 0 aromatic heterocycles. The van der Waals surface area contributed by atoms with Crippen molar-refractivity contribution in [2.24, 2.45) is 28.6 Å². The minimum Gasteiger partial charge on any atom is -0.507 e. The van der Waals surface area contributed by atoms with Gasteiger partial charge < -0.3 is 30.5 Å². The predicted octanol–water partition coefficient (Wildman–Crippen LogP) is 4.80. The highest BCUT2D eigenvalue weighted by atomic mass is 16.5. The number of aromatic hydroxyl groups is 1. The summed E-state index contributed by atoms with van der Waals surface area (Å²) in [5, 5.41) is 45.7. The maximum Gasteiger partial charge on any atom is 0.339 e. The highest BCUT2D eigenvalue weighted by molar-refractivity contribution is 6.01. The van der Waals surface area contributed by atoms with Crippen molar-refractivity contribution in [3.8, 4) is 5.75 Å². The molecule has 5 N–H and O–H groups in total. The van der Waals surface area contributed by atoms with Gasteiger partial charge >= 0.3 is 11.9 Å². The van der Waals surface area contributed by atoms with Gasteiger partial charge in [0.05, 0.1) is 6.10 Å². The number of benzene rings is 2. The predicted molar refractivity (Wildman–Crippen MR) is 181 cm³/mol. The number of aromatic carboxylic acids is 1. The molecule has 0 aliphatic heterocycles. The molecule has 6 rings (SSSR count). The molecule has 2 aromatic rings. The number of carbonyl (C=O) groups is 4. The molecule has 0 spiro atoms. The number of carbonyl (C=O) groups excluding carboxylic acids is 3. The van der Waals surface area contributed by atoms with Crippen LogP contribution in [0.4, 0.5) is 5.69 Å². The van der Waals surface area contributed by atoms with Gasteiger partial charge in [0.2, 0.25) is 5.78 Å². The van der Waals surface area contributed by atoms with Crippen LogP contribution in [0.25, 0.3) is 0 Å². The van der Waals surface area contributed by atoms with Gasteiger partial charge in [-0.2, -0.15) is 0 Å². The van der Waals surface area contributed by atoms with Crippen LogP contribution in [-0.4, -0.2) is 68.8 Å². The van der Waals surface area contributed by atoms with Crippen LogP contribution >= 0.6 is 0 Å². The molecule has 2 aromatic carbocycles. The molecule has 3 saturated carbocycles. The second-order valence-corrected chi connectivity index (χ2v) is 14.7. The van der Waals surface area contributed by atoms with Crippen molar-refractivity contribution in [3.05, 3.63) is 83.0 Å². The van der Waals surface area contributed by atoms with E-state index in [1.54, 1.807) is 18.2 Å². The van der Waals surface area contributed by atoms with Crippen LogP contribution in [0.5, 0.6) is 5.75 Å². The molecule has 0 amide bonds. The number of carboxylic acid groups (broad SMARTS) is 1. The van der Waals surface area contributed by atoms with E-state index in [4.69, 9.17) is 4.74 Å². The van der Waals surface area contributed by atoms with Gasteiger partial charge in [-0.1, -0.05) is 49.8 Å². The van der Waals surface area contributed by atoms with Crippen LogP contribution < -0.4 is 5.32 Å². The van der Waals surface area contributed by atoms with E-state index in [0.29, 0.717) is 31.5 Å². The van der Waals surface area contributed by atoms with Gasteiger partial charge in [0.25, 0.3) is 0 Å². The Kier molecular flexibility index (Phi) is 9.32. The standard InChI is InChI=1S/C39H45NO9/c1-37-16-13-27(41)19-25(37)8-10-28-30-14-17-39(48,38(30,2)21-32(43)35(28)37)33(44)22-49-34(45)12-7-23-5-3-4-6-24(23)15-18-40-26-9-11-31(42)29(20-26)36(46)47/h3-6,9,11,13,16,19-20,28,30,32,35,40,42-43,48H,7-8,10,12,14-15,17-18,21-22H2,1-2H3,(H,46,47). The number of nitrogens with one attached hydrogen (secondary N) is 1. The normalized spacial score (nSPS) is 31.6. The Hall–Kier alpha value is -4.28. The van der Waals surface area contributed by atoms with Crippen LogP contribution in [0.1, 0.15) is 73.9 Å². The first-order chi connectivity index (χ1) is 23.3. The fraction of sp³-hybridized carbons (Fsp3) is 0.487. The number of aliphatic hydroxyl groups excluding tert-OH is 1. The maximum absolute atomic E-state index is 13.6. The molecule has 4 aliphatic carbocycles. The van der Waals surface area contributed by atoms with Gasteiger partial charge in [-0.3, -0.25) is 14.4 Å². The quantitative estimate of drug-likeness (QED) is 0.165. The molecule has 0 heterocycles. The third-order valence-corrected chi connectivity index (χ3v) is 12.1. The first kappa shape index (κ1) is 34.6. The number of hydrogen-bond donors (Lipinski definition) is 5. The maximum atomic E-state index is 13.6. The highest BCUT2D eigenvalue weighted by Gasteiger charge is 2.68. The largest absolute Gasteiger partial charge is 0.507 e. The monoisotopic (exact) mass is 671 g/mol. The van der Waals surface area contributed by atoms with Crippen molar-refractivity contribution in [1.29, 1.82) is 0 Å². The van der Waals surface area contributed by atoms with Crippen molar-refractivity contribution in [1.82, 2.24) is 0 Å². The second-order valence-electron chi connectivity index (χ2n) is 14.7. The fourth-order valence-corrected chi connectivity index (χ4v) is 9.57. The number of allylic oxidation sites excluding steroid dienone is 4. The van der Waals surface area contributed by atoms with Crippen LogP contribution in [0.3, 0.4) is 0 Å². The van der Waals surface area contributed by atoms with E-state index >= 15 is 0 Å². The summed E-state index contributed by atoms with van der Waals surface area (Å²) >= 11 is 0. The van der Waals surface area contributed by atoms with E-state index in [9.17, 15) is 39.6 Å². The Morgan fingerprint density at radius 3 is 2.51 bits per heavy atom. The molecule has 4 aliphatic rings. The van der Waals surface area contributed by atoms with Crippen LogP contribution in [-0.2, 0) is 32.0 Å². The molecule has 7 atom stereocenters. The number of aryl methyl sites for hydroxylation is 1. The number of Topliss-reactive ketones (excluding diaryl/α,β-unsaturated/α-hetero) is 1. The zero-order valence-electron chi connectivity index (χ0n) is 28.0. The smallest absolute Gasteiger partial charge is 0.339 e. The first-order valence-electron chi connectivity index (χ1n) is 17.2. The van der Waals surface area contributed by atoms with Crippen molar-refractivity contribution in [2.45, 2.75) is 76.9 Å². The molecule has 10 heteroatoms. The number of fused-ring (bicyclic) bond motifs is 5. The molecule has 49 heavy (non-hydrogen) atoms. The van der Waals surface area contributed by atoms with Gasteiger partial charge in [0.1, 0.15) is 16.9 Å². The van der Waals surface area contributed by atoms with E-state index in [1.807, 2.05) is 37.3 Å². The molecule has 0 bridgehead atoms. The summed E-state index contributed by atoms with van der Waals surface area (Å²) < 4.78 is 5.44. The molecule has 7 unspecified atom stereocenters. The van der Waals surface area contributed by atoms with E-state index in [2.05, 4.69) is 12.2 Å². The van der Waals surface area contributed by atoms with Crippen LogP contribution in [0.15, 0.2) is 66.3 Å². The molecule has 0 radical (unpaired) electrons. The number of hydrogen-bond acceptors (Lipinski definition) is 9. The van der Waals surface area contributed by atoms with Gasteiger partial charge in [0, 0.05) is 35.4 Å². The minimum absolute atomic E-state index is 0.00853. The zero-order chi connectivity index (χ0) is 35.1. The van der Waals surface area contributed by atoms with Gasteiger partial charge in [-0.25, -0.2) is 4.79 Å². The SMILES string of the molecule is CC12C=CC(=O)C=C1CCC1C2C(O)CC2(C)C1CCC2(O)C(=O)COC(=O)CCc1ccccc1CCNc1ccc(O)c(C(=O)O)c1. The summed E-state index contributed by atoms with van der Waals surface area (Å²) in [6.45, 7) is 3.94. The van der Waals surface area contributed by atoms with Crippen molar-refractivity contribution < 1.29 is 44.3 Å². The zero-order valence-corrected chi connectivity index (χ0v) is 28.0. The lowest BCUT2D eigenvalue weighted by molar-refractivity contribution is -0.181. The summed E-state index contributed by atoms with van der Waals surface area (Å²) in [7, 11) is 0. The lowest BCUT2D eigenvalue weighted by Crippen LogP contribution is -2.61. The molecule has 3 fully saturated rings. The summed E-state index contributed by atoms with van der Waals surface area (Å²) in [5.74, 6) is -2.65. The lowest BCUT2D eigenvalue weighted by Gasteiger charge is -2.59. The van der Waals surface area contributed by atoms with Crippen molar-refractivity contribution >= 4 is 29.2 Å². The summed E-state index contributed by atoms with van der Waals surface area (Å²) in [6.07, 6.45) is 8.14. The Morgan fingerprint density at radius 2 is 1.78 bits per heavy atom. The van der Waals surface area contributed by atoms with E-state index in [1.165, 1.54) is 12.1 Å². The third-order valence-electron chi connectivity index (χ3n) is 12.1. The van der Waals surface area contributed by atoms with E-state index in [0.717, 1.165) is 29.5 Å². The minimum atomic E-state index is -1.72. The van der Waals surface area contributed by atoms with Crippen molar-refractivity contribution in [3.63, 3.8) is 0 Å². The Bertz CT molecular complexity index is 1730. The molecular formula is C39H45NO9. The van der Waals surface area contributed by atoms with Gasteiger partial charge in [0.15, 0.2) is 12.4 Å². The van der Waals surface area contributed by atoms with E-state index < -0.39 is 46.9 Å². The van der Waals surface area contributed by atoms with Crippen molar-refractivity contribution in [2.75, 3.05) is 18.5 Å². The second kappa shape index (κ2) is 13.2. The van der Waals surface area contributed by atoms with Crippen LogP contribution in [0.2, 0.25) is 0 Å². The summed E-state index contributed by atoms with van der Waals surface area (Å²) in [5.41, 5.74) is 0.331. The number of aliphatic hydroxyl groups is 2. The number of carboxylic acids is 1. The van der Waals surface area contributed by atoms with Crippen LogP contribution in [0, 0.1) is 28.6 Å². The molecular weight excluding hydrogens is 626 g/mol. The average Bonchev–Trinajstić information content (AvgIpc) is 3.34. The van der Waals surface area contributed by atoms with Gasteiger partial charge in [-0.05, 0) is 98.3 Å². The topological polar surface area (TPSA) is 170 Å². The molecule has 260 valence electrons. The average molecular weight is 672 g/mol. The van der Waals surface area contributed by atoms with E-state index in [-0.39, 0.29) is 54.1 Å². The lowest BCUT2D eigenvalue weighted by atomic mass is 9.46. The summed E-state index contributed by atoms with van der Waals surface area (Å²) in [6, 6.07) is 12.0. The highest BCUT2D eigenvalue weighted by Crippen LogP contribution is 2.67. The molecule has 10 nitrogen and oxygen atoms in total. The van der Waals surface area contributed by atoms with Gasteiger partial charge in [-0.15, -0.1) is 0 Å².